The molecule has 1 aliphatic rings. The summed E-state index contributed by atoms with van der Waals surface area (Å²) in [7, 11) is 0. The van der Waals surface area contributed by atoms with Gasteiger partial charge in [0.05, 0.1) is 11.9 Å². The monoisotopic (exact) mass is 284 g/mol. The Kier molecular flexibility index (Phi) is 3.94. The molecule has 0 aliphatic carbocycles. The lowest BCUT2D eigenvalue weighted by atomic mass is 10.1. The zero-order valence-corrected chi connectivity index (χ0v) is 12.5. The van der Waals surface area contributed by atoms with Crippen molar-refractivity contribution in [3.05, 3.63) is 36.2 Å². The van der Waals surface area contributed by atoms with Gasteiger partial charge in [-0.1, -0.05) is 0 Å². The summed E-state index contributed by atoms with van der Waals surface area (Å²) in [5.74, 6) is 1.89. The van der Waals surface area contributed by atoms with Gasteiger partial charge >= 0.3 is 0 Å². The van der Waals surface area contributed by atoms with Crippen molar-refractivity contribution in [1.29, 1.82) is 0 Å². The molecule has 6 nitrogen and oxygen atoms in total. The zero-order valence-electron chi connectivity index (χ0n) is 12.5. The minimum Gasteiger partial charge on any atom is -0.367 e. The molecule has 0 bridgehead atoms. The fourth-order valence-corrected chi connectivity index (χ4v) is 2.60. The van der Waals surface area contributed by atoms with E-state index in [0.717, 1.165) is 49.0 Å². The maximum atomic E-state index is 4.54. The van der Waals surface area contributed by atoms with E-state index in [-0.39, 0.29) is 0 Å². The van der Waals surface area contributed by atoms with Crippen LogP contribution in [0.2, 0.25) is 0 Å². The maximum absolute atomic E-state index is 4.54. The SMILES string of the molecule is Cc1cc(NC2CCN(c3cncc(C)n3)CC2)ncn1. The van der Waals surface area contributed by atoms with E-state index >= 15 is 0 Å². The predicted octanol–water partition coefficient (Wildman–Crippen LogP) is 1.96. The molecule has 0 aromatic carbocycles. The standard InChI is InChI=1S/C15H20N6/c1-11-7-14(18-10-17-11)20-13-3-5-21(6-4-13)15-9-16-8-12(2)19-15/h7-10,13H,3-6H2,1-2H3,(H,17,18,20). The second kappa shape index (κ2) is 6.03. The van der Waals surface area contributed by atoms with E-state index < -0.39 is 0 Å². The van der Waals surface area contributed by atoms with Gasteiger partial charge in [-0.15, -0.1) is 0 Å². The molecule has 1 saturated heterocycles. The average molecular weight is 284 g/mol. The minimum atomic E-state index is 0.452. The fraction of sp³-hybridized carbons (Fsp3) is 0.467. The molecule has 3 heterocycles. The Bertz CT molecular complexity index is 607. The number of nitrogens with zero attached hydrogens (tertiary/aromatic N) is 5. The smallest absolute Gasteiger partial charge is 0.147 e. The van der Waals surface area contributed by atoms with Crippen LogP contribution in [0.1, 0.15) is 24.2 Å². The van der Waals surface area contributed by atoms with Crippen LogP contribution in [0.15, 0.2) is 24.8 Å². The Balaban J connectivity index is 1.58. The number of aromatic nitrogens is 4. The third-order valence-electron chi connectivity index (χ3n) is 3.72. The lowest BCUT2D eigenvalue weighted by molar-refractivity contribution is 0.521. The van der Waals surface area contributed by atoms with Crippen molar-refractivity contribution in [1.82, 2.24) is 19.9 Å². The van der Waals surface area contributed by atoms with Gasteiger partial charge in [0, 0.05) is 37.1 Å². The van der Waals surface area contributed by atoms with Crippen molar-refractivity contribution in [3.63, 3.8) is 0 Å². The van der Waals surface area contributed by atoms with Gasteiger partial charge in [0.1, 0.15) is 18.0 Å². The molecule has 2 aromatic rings. The molecule has 0 amide bonds. The second-order valence-electron chi connectivity index (χ2n) is 5.47. The number of anilines is 2. The fourth-order valence-electron chi connectivity index (χ4n) is 2.60. The third-order valence-corrected chi connectivity index (χ3v) is 3.72. The van der Waals surface area contributed by atoms with Crippen LogP contribution in [0.25, 0.3) is 0 Å². The summed E-state index contributed by atoms with van der Waals surface area (Å²) < 4.78 is 0. The highest BCUT2D eigenvalue weighted by atomic mass is 15.2. The molecule has 110 valence electrons. The molecule has 0 atom stereocenters. The first-order valence-electron chi connectivity index (χ1n) is 7.29. The van der Waals surface area contributed by atoms with Crippen LogP contribution in [0, 0.1) is 13.8 Å². The summed E-state index contributed by atoms with van der Waals surface area (Å²) in [6.45, 7) is 5.92. The summed E-state index contributed by atoms with van der Waals surface area (Å²) in [6, 6.07) is 2.44. The Hall–Kier alpha value is -2.24. The zero-order chi connectivity index (χ0) is 14.7. The first-order chi connectivity index (χ1) is 10.2. The molecule has 0 saturated carbocycles. The first-order valence-corrected chi connectivity index (χ1v) is 7.29. The number of hydrogen-bond acceptors (Lipinski definition) is 6. The normalized spacial score (nSPS) is 16.0. The van der Waals surface area contributed by atoms with E-state index in [1.54, 1.807) is 12.5 Å². The molecule has 1 aliphatic heterocycles. The lowest BCUT2D eigenvalue weighted by Crippen LogP contribution is -2.39. The lowest BCUT2D eigenvalue weighted by Gasteiger charge is -2.33. The van der Waals surface area contributed by atoms with E-state index in [4.69, 9.17) is 0 Å². The Morgan fingerprint density at radius 3 is 2.62 bits per heavy atom. The topological polar surface area (TPSA) is 66.8 Å². The Morgan fingerprint density at radius 1 is 1.10 bits per heavy atom. The highest BCUT2D eigenvalue weighted by molar-refractivity contribution is 5.39. The van der Waals surface area contributed by atoms with Crippen LogP contribution in [-0.4, -0.2) is 39.1 Å². The number of rotatable bonds is 3. The molecule has 3 rings (SSSR count). The van der Waals surface area contributed by atoms with Crippen LogP contribution in [0.3, 0.4) is 0 Å². The number of nitrogens with one attached hydrogen (secondary N) is 1. The van der Waals surface area contributed by atoms with Crippen LogP contribution < -0.4 is 10.2 Å². The third kappa shape index (κ3) is 3.45. The Labute approximate surface area is 124 Å². The van der Waals surface area contributed by atoms with Gasteiger partial charge in [0.25, 0.3) is 0 Å². The molecular weight excluding hydrogens is 264 g/mol. The van der Waals surface area contributed by atoms with E-state index in [0.29, 0.717) is 6.04 Å². The van der Waals surface area contributed by atoms with E-state index in [1.165, 1.54) is 0 Å². The highest BCUT2D eigenvalue weighted by Crippen LogP contribution is 2.19. The predicted molar refractivity (Wildman–Crippen MR) is 82.4 cm³/mol. The first kappa shape index (κ1) is 13.7. The van der Waals surface area contributed by atoms with Crippen molar-refractivity contribution in [2.24, 2.45) is 0 Å². The van der Waals surface area contributed by atoms with Gasteiger partial charge in [-0.3, -0.25) is 4.98 Å². The molecule has 21 heavy (non-hydrogen) atoms. The molecule has 0 spiro atoms. The second-order valence-corrected chi connectivity index (χ2v) is 5.47. The van der Waals surface area contributed by atoms with Crippen molar-refractivity contribution in [3.8, 4) is 0 Å². The van der Waals surface area contributed by atoms with Gasteiger partial charge < -0.3 is 10.2 Å². The van der Waals surface area contributed by atoms with Gasteiger partial charge in [0.2, 0.25) is 0 Å². The maximum Gasteiger partial charge on any atom is 0.147 e. The quantitative estimate of drug-likeness (QED) is 0.929. The van der Waals surface area contributed by atoms with Crippen LogP contribution in [0.4, 0.5) is 11.6 Å². The van der Waals surface area contributed by atoms with Gasteiger partial charge in [-0.25, -0.2) is 15.0 Å². The molecule has 2 aromatic heterocycles. The van der Waals surface area contributed by atoms with E-state index in [2.05, 4.69) is 30.2 Å². The largest absolute Gasteiger partial charge is 0.367 e. The van der Waals surface area contributed by atoms with Crippen molar-refractivity contribution in [2.75, 3.05) is 23.3 Å². The highest BCUT2D eigenvalue weighted by Gasteiger charge is 2.20. The molecule has 0 unspecified atom stereocenters. The van der Waals surface area contributed by atoms with E-state index in [9.17, 15) is 0 Å². The number of piperidine rings is 1. The van der Waals surface area contributed by atoms with Gasteiger partial charge in [-0.2, -0.15) is 0 Å². The summed E-state index contributed by atoms with van der Waals surface area (Å²) in [4.78, 5) is 19.4. The van der Waals surface area contributed by atoms with Crippen molar-refractivity contribution in [2.45, 2.75) is 32.7 Å². The van der Waals surface area contributed by atoms with Crippen LogP contribution >= 0.6 is 0 Å². The summed E-state index contributed by atoms with van der Waals surface area (Å²) in [6.07, 6.45) is 7.37. The number of hydrogen-bond donors (Lipinski definition) is 1. The van der Waals surface area contributed by atoms with E-state index in [1.807, 2.05) is 26.1 Å². The Morgan fingerprint density at radius 2 is 1.90 bits per heavy atom. The van der Waals surface area contributed by atoms with Gasteiger partial charge in [-0.05, 0) is 26.7 Å². The molecular formula is C15H20N6. The number of aryl methyl sites for hydroxylation is 2. The summed E-state index contributed by atoms with van der Waals surface area (Å²) >= 11 is 0. The average Bonchev–Trinajstić information content (AvgIpc) is 2.48. The summed E-state index contributed by atoms with van der Waals surface area (Å²) in [5, 5.41) is 3.49. The molecule has 6 heteroatoms. The van der Waals surface area contributed by atoms with Crippen molar-refractivity contribution >= 4 is 11.6 Å². The molecule has 1 N–H and O–H groups in total. The van der Waals surface area contributed by atoms with Crippen LogP contribution in [-0.2, 0) is 0 Å². The molecule has 0 radical (unpaired) electrons. The van der Waals surface area contributed by atoms with Gasteiger partial charge in [0.15, 0.2) is 0 Å². The minimum absolute atomic E-state index is 0.452. The molecule has 1 fully saturated rings. The summed E-state index contributed by atoms with van der Waals surface area (Å²) in [5.41, 5.74) is 1.95. The van der Waals surface area contributed by atoms with Crippen molar-refractivity contribution < 1.29 is 0 Å². The van der Waals surface area contributed by atoms with Crippen LogP contribution in [0.5, 0.6) is 0 Å².